The van der Waals surface area contributed by atoms with Gasteiger partial charge in [-0.1, -0.05) is 47.5 Å². The van der Waals surface area contributed by atoms with Crippen molar-refractivity contribution in [1.82, 2.24) is 14.7 Å². The molecular formula is C29H35Cl2N5O4. The highest BCUT2D eigenvalue weighted by Gasteiger charge is 2.35. The number of halogens is 2. The van der Waals surface area contributed by atoms with E-state index in [1.54, 1.807) is 28.0 Å². The van der Waals surface area contributed by atoms with Crippen molar-refractivity contribution in [2.75, 3.05) is 38.0 Å². The van der Waals surface area contributed by atoms with Crippen molar-refractivity contribution < 1.29 is 19.1 Å². The summed E-state index contributed by atoms with van der Waals surface area (Å²) in [5, 5.41) is 3.82. The zero-order chi connectivity index (χ0) is 28.2. The van der Waals surface area contributed by atoms with E-state index >= 15 is 0 Å². The lowest BCUT2D eigenvalue weighted by Gasteiger charge is -2.38. The highest BCUT2D eigenvalue weighted by Crippen LogP contribution is 2.26. The van der Waals surface area contributed by atoms with E-state index in [0.29, 0.717) is 68.5 Å². The van der Waals surface area contributed by atoms with Crippen LogP contribution in [0.1, 0.15) is 36.8 Å². The summed E-state index contributed by atoms with van der Waals surface area (Å²) in [5.74, 6) is -0.234. The molecule has 0 unspecified atom stereocenters. The number of piperidine rings is 2. The molecule has 0 saturated carbocycles. The lowest BCUT2D eigenvalue weighted by atomic mass is 10.0. The van der Waals surface area contributed by atoms with Gasteiger partial charge >= 0.3 is 12.1 Å². The Morgan fingerprint density at radius 3 is 2.38 bits per heavy atom. The summed E-state index contributed by atoms with van der Waals surface area (Å²) in [7, 11) is 0. The molecular weight excluding hydrogens is 553 g/mol. The molecule has 2 aromatic carbocycles. The molecule has 4 amide bonds. The number of amides is 4. The first-order chi connectivity index (χ1) is 19.3. The number of carbonyl (C=O) groups is 3. The van der Waals surface area contributed by atoms with Crippen molar-refractivity contribution in [1.29, 1.82) is 0 Å². The number of hydrogen-bond donors (Lipinski definition) is 2. The Labute approximate surface area is 244 Å². The van der Waals surface area contributed by atoms with Gasteiger partial charge < -0.3 is 30.5 Å². The smallest absolute Gasteiger partial charge is 0.410 e. The second kappa shape index (κ2) is 12.7. The van der Waals surface area contributed by atoms with E-state index in [1.807, 2.05) is 29.2 Å². The standard InChI is InChI=1S/C29H35Cl2N5O4/c30-23-6-5-19(17-24(23)31)18-26(27(37)34-12-8-21(32)9-13-34)40-29(39)35-14-10-22(11-15-35)36-16-7-20-3-1-2-4-25(20)33-28(36)38/h1-6,17,21-22,26H,7-16,18,32H2,(H,33,38)/t26-/m1/s1. The molecule has 0 radical (unpaired) electrons. The van der Waals surface area contributed by atoms with E-state index in [0.717, 1.165) is 23.2 Å². The van der Waals surface area contributed by atoms with E-state index in [1.165, 1.54) is 0 Å². The molecule has 40 heavy (non-hydrogen) atoms. The Hall–Kier alpha value is -3.01. The quantitative estimate of drug-likeness (QED) is 0.533. The minimum absolute atomic E-state index is 0.0181. The van der Waals surface area contributed by atoms with Crippen LogP contribution in [0, 0.1) is 0 Å². The summed E-state index contributed by atoms with van der Waals surface area (Å²) in [4.78, 5) is 44.9. The number of ether oxygens (including phenoxy) is 1. The summed E-state index contributed by atoms with van der Waals surface area (Å²) in [6, 6.07) is 13.0. The van der Waals surface area contributed by atoms with Gasteiger partial charge in [-0.25, -0.2) is 9.59 Å². The van der Waals surface area contributed by atoms with Crippen LogP contribution >= 0.6 is 23.2 Å². The molecule has 2 fully saturated rings. The van der Waals surface area contributed by atoms with Gasteiger partial charge in [-0.15, -0.1) is 0 Å². The molecule has 0 spiro atoms. The number of benzene rings is 2. The molecule has 11 heteroatoms. The van der Waals surface area contributed by atoms with Crippen molar-refractivity contribution in [2.24, 2.45) is 5.73 Å². The fourth-order valence-corrected chi connectivity index (χ4v) is 6.00. The number of fused-ring (bicyclic) bond motifs is 1. The van der Waals surface area contributed by atoms with Crippen LogP contribution in [0.5, 0.6) is 0 Å². The Balaban J connectivity index is 1.21. The fourth-order valence-electron chi connectivity index (χ4n) is 5.68. The Morgan fingerprint density at radius 1 is 0.950 bits per heavy atom. The average molecular weight is 589 g/mol. The van der Waals surface area contributed by atoms with Crippen LogP contribution in [0.2, 0.25) is 10.0 Å². The fraction of sp³-hybridized carbons (Fsp3) is 0.483. The summed E-state index contributed by atoms with van der Waals surface area (Å²) in [6.07, 6.45) is 2.13. The molecule has 1 atom stereocenters. The monoisotopic (exact) mass is 587 g/mol. The number of hydrogen-bond acceptors (Lipinski definition) is 5. The van der Waals surface area contributed by atoms with Gasteiger partial charge in [-0.3, -0.25) is 4.79 Å². The number of likely N-dealkylation sites (tertiary alicyclic amines) is 2. The van der Waals surface area contributed by atoms with Gasteiger partial charge in [0.25, 0.3) is 5.91 Å². The SMILES string of the molecule is NC1CCN(C(=O)[C@@H](Cc2ccc(Cl)c(Cl)c2)OC(=O)N2CCC(N3CCc4ccccc4NC3=O)CC2)CC1. The van der Waals surface area contributed by atoms with Crippen LogP contribution in [-0.4, -0.2) is 83.6 Å². The minimum atomic E-state index is -0.994. The number of nitrogens with two attached hydrogens (primary N) is 1. The predicted octanol–water partition coefficient (Wildman–Crippen LogP) is 4.55. The zero-order valence-electron chi connectivity index (χ0n) is 22.4. The third kappa shape index (κ3) is 6.65. The highest BCUT2D eigenvalue weighted by atomic mass is 35.5. The summed E-state index contributed by atoms with van der Waals surface area (Å²) < 4.78 is 5.87. The van der Waals surface area contributed by atoms with E-state index in [4.69, 9.17) is 33.7 Å². The topological polar surface area (TPSA) is 108 Å². The highest BCUT2D eigenvalue weighted by molar-refractivity contribution is 6.42. The maximum atomic E-state index is 13.5. The van der Waals surface area contributed by atoms with Gasteiger partial charge in [0.1, 0.15) is 0 Å². The lowest BCUT2D eigenvalue weighted by molar-refractivity contribution is -0.142. The number of anilines is 1. The van der Waals surface area contributed by atoms with Crippen LogP contribution in [0.15, 0.2) is 42.5 Å². The van der Waals surface area contributed by atoms with E-state index in [9.17, 15) is 14.4 Å². The van der Waals surface area contributed by atoms with Gasteiger partial charge in [0, 0.05) is 56.9 Å². The van der Waals surface area contributed by atoms with Gasteiger partial charge in [-0.05, 0) is 61.4 Å². The number of nitrogens with zero attached hydrogens (tertiary/aromatic N) is 3. The first kappa shape index (κ1) is 28.5. The first-order valence-corrected chi connectivity index (χ1v) is 14.6. The summed E-state index contributed by atoms with van der Waals surface area (Å²) >= 11 is 12.3. The number of nitrogens with one attached hydrogen (secondary N) is 1. The van der Waals surface area contributed by atoms with E-state index in [2.05, 4.69) is 5.32 Å². The van der Waals surface area contributed by atoms with Crippen LogP contribution in [-0.2, 0) is 22.4 Å². The molecule has 0 bridgehead atoms. The van der Waals surface area contributed by atoms with Crippen LogP contribution < -0.4 is 11.1 Å². The summed E-state index contributed by atoms with van der Waals surface area (Å²) in [6.45, 7) is 2.56. The van der Waals surface area contributed by atoms with Crippen LogP contribution in [0.25, 0.3) is 0 Å². The molecule has 2 aromatic rings. The molecule has 3 aliphatic rings. The van der Waals surface area contributed by atoms with Gasteiger partial charge in [0.15, 0.2) is 6.10 Å². The van der Waals surface area contributed by atoms with Crippen molar-refractivity contribution in [3.05, 3.63) is 63.6 Å². The van der Waals surface area contributed by atoms with E-state index < -0.39 is 12.2 Å². The normalized spacial score (nSPS) is 19.5. The minimum Gasteiger partial charge on any atom is -0.436 e. The van der Waals surface area contributed by atoms with Crippen molar-refractivity contribution in [2.45, 2.75) is 56.7 Å². The molecule has 0 aromatic heterocycles. The van der Waals surface area contributed by atoms with Gasteiger partial charge in [0.2, 0.25) is 0 Å². The molecule has 3 N–H and O–H groups in total. The molecule has 2 saturated heterocycles. The number of urea groups is 1. The molecule has 9 nitrogen and oxygen atoms in total. The van der Waals surface area contributed by atoms with Crippen LogP contribution in [0.3, 0.4) is 0 Å². The molecule has 214 valence electrons. The molecule has 0 aliphatic carbocycles. The van der Waals surface area contributed by atoms with Gasteiger partial charge in [-0.2, -0.15) is 0 Å². The second-order valence-corrected chi connectivity index (χ2v) is 11.6. The molecule has 3 aliphatic heterocycles. The molecule has 3 heterocycles. The van der Waals surface area contributed by atoms with E-state index in [-0.39, 0.29) is 30.4 Å². The van der Waals surface area contributed by atoms with Crippen molar-refractivity contribution >= 4 is 46.9 Å². The first-order valence-electron chi connectivity index (χ1n) is 13.9. The van der Waals surface area contributed by atoms with Gasteiger partial charge in [0.05, 0.1) is 10.0 Å². The Bertz CT molecular complexity index is 1240. The van der Waals surface area contributed by atoms with Crippen molar-refractivity contribution in [3.63, 3.8) is 0 Å². The number of carbonyl (C=O) groups excluding carboxylic acids is 3. The van der Waals surface area contributed by atoms with Crippen LogP contribution in [0.4, 0.5) is 15.3 Å². The average Bonchev–Trinajstić information content (AvgIpc) is 3.12. The molecule has 5 rings (SSSR count). The third-order valence-electron chi connectivity index (χ3n) is 8.08. The summed E-state index contributed by atoms with van der Waals surface area (Å²) in [5.41, 5.74) is 8.75. The third-order valence-corrected chi connectivity index (χ3v) is 8.82. The second-order valence-electron chi connectivity index (χ2n) is 10.7. The number of para-hydroxylation sites is 1. The Morgan fingerprint density at radius 2 is 1.65 bits per heavy atom. The number of rotatable bonds is 5. The zero-order valence-corrected chi connectivity index (χ0v) is 23.9. The largest absolute Gasteiger partial charge is 0.436 e. The maximum absolute atomic E-state index is 13.5. The maximum Gasteiger partial charge on any atom is 0.410 e. The predicted molar refractivity (Wildman–Crippen MR) is 155 cm³/mol. The Kier molecular flexibility index (Phi) is 9.03. The van der Waals surface area contributed by atoms with Crippen molar-refractivity contribution in [3.8, 4) is 0 Å². The lowest BCUT2D eigenvalue weighted by Crippen LogP contribution is -2.52.